The molecule has 0 spiro atoms. The minimum Gasteiger partial charge on any atom is -0.484 e. The molecule has 4 rings (SSSR count). The second kappa shape index (κ2) is 8.03. The molecule has 0 saturated carbocycles. The van der Waals surface area contributed by atoms with Gasteiger partial charge in [-0.25, -0.2) is 9.97 Å². The molecule has 1 aliphatic heterocycles. The number of nitrogens with zero attached hydrogens (tertiary/aromatic N) is 4. The molecule has 1 aliphatic rings. The number of likely N-dealkylation sites (tertiary alicyclic amines) is 1. The van der Waals surface area contributed by atoms with Gasteiger partial charge in [0.25, 0.3) is 5.91 Å². The maximum absolute atomic E-state index is 12.6. The highest BCUT2D eigenvalue weighted by atomic mass is 16.5. The zero-order chi connectivity index (χ0) is 18.5. The van der Waals surface area contributed by atoms with Gasteiger partial charge in [0.2, 0.25) is 0 Å². The summed E-state index contributed by atoms with van der Waals surface area (Å²) < 4.78 is 7.50. The number of benzene rings is 1. The highest BCUT2D eigenvalue weighted by Gasteiger charge is 2.26. The minimum absolute atomic E-state index is 0.0225. The Morgan fingerprint density at radius 1 is 1.15 bits per heavy atom. The van der Waals surface area contributed by atoms with Gasteiger partial charge in [-0.1, -0.05) is 24.3 Å². The van der Waals surface area contributed by atoms with Gasteiger partial charge in [-0.2, -0.15) is 0 Å². The van der Waals surface area contributed by atoms with Crippen LogP contribution in [0.15, 0.2) is 67.3 Å². The van der Waals surface area contributed by atoms with Crippen LogP contribution >= 0.6 is 0 Å². The average molecular weight is 362 g/mol. The second-order valence-corrected chi connectivity index (χ2v) is 6.67. The molecule has 1 fully saturated rings. The monoisotopic (exact) mass is 362 g/mol. The number of ether oxygens (including phenoxy) is 1. The van der Waals surface area contributed by atoms with Crippen molar-refractivity contribution in [3.05, 3.63) is 72.9 Å². The summed E-state index contributed by atoms with van der Waals surface area (Å²) in [6.07, 6.45) is 7.36. The van der Waals surface area contributed by atoms with Gasteiger partial charge in [-0.05, 0) is 37.1 Å². The molecule has 6 nitrogen and oxygen atoms in total. The summed E-state index contributed by atoms with van der Waals surface area (Å²) in [4.78, 5) is 23.3. The fraction of sp³-hybridized carbons (Fsp3) is 0.286. The van der Waals surface area contributed by atoms with Crippen LogP contribution in [0.3, 0.4) is 0 Å². The van der Waals surface area contributed by atoms with Crippen LogP contribution in [0.4, 0.5) is 0 Å². The van der Waals surface area contributed by atoms with Gasteiger partial charge in [-0.15, -0.1) is 0 Å². The summed E-state index contributed by atoms with van der Waals surface area (Å²) in [7, 11) is 0. The van der Waals surface area contributed by atoms with Gasteiger partial charge >= 0.3 is 0 Å². The van der Waals surface area contributed by atoms with Crippen molar-refractivity contribution < 1.29 is 9.53 Å². The lowest BCUT2D eigenvalue weighted by Crippen LogP contribution is -2.41. The molecule has 0 radical (unpaired) electrons. The number of carbonyl (C=O) groups is 1. The maximum atomic E-state index is 12.6. The Balaban J connectivity index is 1.40. The van der Waals surface area contributed by atoms with E-state index in [0.717, 1.165) is 30.9 Å². The summed E-state index contributed by atoms with van der Waals surface area (Å²) in [5.74, 6) is 1.83. The Hall–Kier alpha value is -3.15. The molecule has 0 aliphatic carbocycles. The Morgan fingerprint density at radius 3 is 2.85 bits per heavy atom. The quantitative estimate of drug-likeness (QED) is 0.700. The zero-order valence-corrected chi connectivity index (χ0v) is 15.1. The maximum Gasteiger partial charge on any atom is 0.260 e. The van der Waals surface area contributed by atoms with E-state index in [-0.39, 0.29) is 18.4 Å². The van der Waals surface area contributed by atoms with Crippen LogP contribution in [0.5, 0.6) is 5.75 Å². The molecular weight excluding hydrogens is 340 g/mol. The van der Waals surface area contributed by atoms with Gasteiger partial charge in [-0.3, -0.25) is 9.36 Å². The van der Waals surface area contributed by atoms with E-state index in [1.165, 1.54) is 0 Å². The number of rotatable bonds is 5. The Kier molecular flexibility index (Phi) is 5.14. The topological polar surface area (TPSA) is 60.2 Å². The number of imidazole rings is 1. The van der Waals surface area contributed by atoms with Gasteiger partial charge in [0.15, 0.2) is 6.61 Å². The van der Waals surface area contributed by atoms with E-state index >= 15 is 0 Å². The van der Waals surface area contributed by atoms with Crippen LogP contribution in [0.25, 0.3) is 5.82 Å². The summed E-state index contributed by atoms with van der Waals surface area (Å²) in [5.41, 5.74) is 1.02. The minimum atomic E-state index is 0.0225. The number of hydrogen-bond acceptors (Lipinski definition) is 4. The van der Waals surface area contributed by atoms with Crippen LogP contribution in [0.2, 0.25) is 0 Å². The van der Waals surface area contributed by atoms with E-state index in [1.54, 1.807) is 12.5 Å². The highest BCUT2D eigenvalue weighted by molar-refractivity contribution is 5.78. The van der Waals surface area contributed by atoms with E-state index < -0.39 is 0 Å². The first-order valence-electron chi connectivity index (χ1n) is 9.20. The highest BCUT2D eigenvalue weighted by Crippen LogP contribution is 2.26. The van der Waals surface area contributed by atoms with E-state index in [1.807, 2.05) is 64.2 Å². The molecular formula is C21H22N4O2. The third-order valence-electron chi connectivity index (χ3n) is 4.82. The third kappa shape index (κ3) is 4.16. The average Bonchev–Trinajstić information content (AvgIpc) is 3.28. The van der Waals surface area contributed by atoms with Gasteiger partial charge in [0, 0.05) is 37.1 Å². The van der Waals surface area contributed by atoms with Crippen LogP contribution in [0, 0.1) is 0 Å². The van der Waals surface area contributed by atoms with Crippen molar-refractivity contribution in [3.8, 4) is 11.6 Å². The van der Waals surface area contributed by atoms with Crippen molar-refractivity contribution in [2.24, 2.45) is 0 Å². The summed E-state index contributed by atoms with van der Waals surface area (Å²) in [6, 6.07) is 15.5. The number of para-hydroxylation sites is 1. The number of pyridine rings is 1. The fourth-order valence-electron chi connectivity index (χ4n) is 3.40. The van der Waals surface area contributed by atoms with Gasteiger partial charge in [0.1, 0.15) is 17.9 Å². The number of hydrogen-bond donors (Lipinski definition) is 0. The standard InChI is InChI=1S/C21H22N4O2/c26-21(15-27-18-7-2-1-3-8-18)24-12-5-6-17(14-24)19-9-4-10-20(23-19)25-13-11-22-16-25/h1-4,7-11,13,16-17H,5-6,12,14-15H2/t17-/m1/s1. The van der Waals surface area contributed by atoms with Crippen molar-refractivity contribution in [3.63, 3.8) is 0 Å². The first kappa shape index (κ1) is 17.3. The lowest BCUT2D eigenvalue weighted by molar-refractivity contribution is -0.134. The normalized spacial score (nSPS) is 16.9. The lowest BCUT2D eigenvalue weighted by Gasteiger charge is -2.32. The Bertz CT molecular complexity index is 880. The number of piperidine rings is 1. The predicted molar refractivity (Wildman–Crippen MR) is 102 cm³/mol. The third-order valence-corrected chi connectivity index (χ3v) is 4.82. The van der Waals surface area contributed by atoms with Crippen LogP contribution in [0.1, 0.15) is 24.5 Å². The molecule has 6 heteroatoms. The Morgan fingerprint density at radius 2 is 2.04 bits per heavy atom. The van der Waals surface area contributed by atoms with Crippen molar-refractivity contribution in [1.82, 2.24) is 19.4 Å². The number of aromatic nitrogens is 3. The lowest BCUT2D eigenvalue weighted by atomic mass is 9.94. The largest absolute Gasteiger partial charge is 0.484 e. The summed E-state index contributed by atoms with van der Waals surface area (Å²) in [5, 5.41) is 0. The number of carbonyl (C=O) groups excluding carboxylic acids is 1. The molecule has 1 saturated heterocycles. The van der Waals surface area contributed by atoms with Crippen LogP contribution < -0.4 is 4.74 Å². The molecule has 2 aromatic heterocycles. The molecule has 3 heterocycles. The first-order valence-corrected chi connectivity index (χ1v) is 9.20. The molecule has 0 N–H and O–H groups in total. The van der Waals surface area contributed by atoms with Gasteiger partial charge in [0.05, 0.1) is 0 Å². The van der Waals surface area contributed by atoms with E-state index in [0.29, 0.717) is 12.3 Å². The van der Waals surface area contributed by atoms with Crippen molar-refractivity contribution in [1.29, 1.82) is 0 Å². The molecule has 138 valence electrons. The predicted octanol–water partition coefficient (Wildman–Crippen LogP) is 3.05. The second-order valence-electron chi connectivity index (χ2n) is 6.67. The summed E-state index contributed by atoms with van der Waals surface area (Å²) in [6.45, 7) is 1.52. The Labute approximate surface area is 158 Å². The van der Waals surface area contributed by atoms with E-state index in [2.05, 4.69) is 4.98 Å². The molecule has 3 aromatic rings. The molecule has 1 amide bonds. The first-order chi connectivity index (χ1) is 13.3. The molecule has 0 bridgehead atoms. The fourth-order valence-corrected chi connectivity index (χ4v) is 3.40. The zero-order valence-electron chi connectivity index (χ0n) is 15.1. The van der Waals surface area contributed by atoms with Crippen molar-refractivity contribution >= 4 is 5.91 Å². The summed E-state index contributed by atoms with van der Waals surface area (Å²) >= 11 is 0. The molecule has 1 atom stereocenters. The van der Waals surface area contributed by atoms with Crippen molar-refractivity contribution in [2.45, 2.75) is 18.8 Å². The van der Waals surface area contributed by atoms with E-state index in [4.69, 9.17) is 9.72 Å². The SMILES string of the molecule is O=C(COc1ccccc1)N1CCC[C@@H](c2cccc(-n3ccnc3)n2)C1. The van der Waals surface area contributed by atoms with Crippen molar-refractivity contribution in [2.75, 3.05) is 19.7 Å². The number of amides is 1. The van der Waals surface area contributed by atoms with E-state index in [9.17, 15) is 4.79 Å². The smallest absolute Gasteiger partial charge is 0.260 e. The molecule has 1 aromatic carbocycles. The van der Waals surface area contributed by atoms with Crippen LogP contribution in [-0.2, 0) is 4.79 Å². The molecule has 0 unspecified atom stereocenters. The van der Waals surface area contributed by atoms with Gasteiger partial charge < -0.3 is 9.64 Å². The van der Waals surface area contributed by atoms with Crippen LogP contribution in [-0.4, -0.2) is 45.0 Å². The molecule has 27 heavy (non-hydrogen) atoms.